The van der Waals surface area contributed by atoms with E-state index in [2.05, 4.69) is 15.4 Å². The second-order valence-electron chi connectivity index (χ2n) is 4.88. The number of hydrogen-bond donors (Lipinski definition) is 3. The van der Waals surface area contributed by atoms with Crippen LogP contribution in [-0.4, -0.2) is 24.2 Å². The lowest BCUT2D eigenvalue weighted by atomic mass is 10.2. The molecule has 0 aliphatic rings. The largest absolute Gasteiger partial charge is 0.506 e. The third-order valence-corrected chi connectivity index (χ3v) is 3.11. The number of phenols is 1. The third-order valence-electron chi connectivity index (χ3n) is 3.11. The van der Waals surface area contributed by atoms with Gasteiger partial charge in [0.15, 0.2) is 0 Å². The maximum absolute atomic E-state index is 12.6. The van der Waals surface area contributed by atoms with E-state index in [-0.39, 0.29) is 16.9 Å². The van der Waals surface area contributed by atoms with Gasteiger partial charge in [-0.05, 0) is 36.4 Å². The number of carbonyl (C=O) groups is 2. The molecular formula is C16H13F3N2O4. The Hall–Kier alpha value is -3.23. The predicted molar refractivity (Wildman–Crippen MR) is 83.5 cm³/mol. The molecular weight excluding hydrogens is 341 g/mol. The minimum absolute atomic E-state index is 0.0304. The first-order valence-corrected chi connectivity index (χ1v) is 6.87. The number of esters is 1. The normalized spacial score (nSPS) is 10.9. The second kappa shape index (κ2) is 7.12. The summed E-state index contributed by atoms with van der Waals surface area (Å²) in [5.41, 5.74) is -0.936. The average molecular weight is 354 g/mol. The predicted octanol–water partition coefficient (Wildman–Crippen LogP) is 3.84. The quantitative estimate of drug-likeness (QED) is 0.577. The van der Waals surface area contributed by atoms with Gasteiger partial charge < -0.3 is 20.5 Å². The zero-order chi connectivity index (χ0) is 18.6. The fourth-order valence-electron chi connectivity index (χ4n) is 1.94. The molecule has 0 aromatic heterocycles. The van der Waals surface area contributed by atoms with E-state index in [4.69, 9.17) is 0 Å². The van der Waals surface area contributed by atoms with Gasteiger partial charge in [-0.25, -0.2) is 9.59 Å². The van der Waals surface area contributed by atoms with Crippen LogP contribution in [0.5, 0.6) is 5.75 Å². The number of phenolic OH excluding ortho intramolecular Hbond substituents is 1. The Morgan fingerprint density at radius 2 is 1.80 bits per heavy atom. The lowest BCUT2D eigenvalue weighted by Gasteiger charge is -2.12. The molecule has 0 atom stereocenters. The van der Waals surface area contributed by atoms with Crippen LogP contribution in [0.4, 0.5) is 29.3 Å². The number of hydrogen-bond acceptors (Lipinski definition) is 4. The SMILES string of the molecule is COC(=O)c1ccc(NC(=O)Nc2cccc(C(F)(F)F)c2)c(O)c1. The summed E-state index contributed by atoms with van der Waals surface area (Å²) in [5.74, 6) is -1.07. The Bertz CT molecular complexity index is 806. The summed E-state index contributed by atoms with van der Waals surface area (Å²) in [6.45, 7) is 0. The van der Waals surface area contributed by atoms with Crippen LogP contribution in [0.2, 0.25) is 0 Å². The number of nitrogens with one attached hydrogen (secondary N) is 2. The minimum atomic E-state index is -4.53. The Morgan fingerprint density at radius 1 is 1.08 bits per heavy atom. The monoisotopic (exact) mass is 354 g/mol. The summed E-state index contributed by atoms with van der Waals surface area (Å²) in [4.78, 5) is 23.2. The molecule has 9 heteroatoms. The van der Waals surface area contributed by atoms with Crippen molar-refractivity contribution >= 4 is 23.4 Å². The van der Waals surface area contributed by atoms with E-state index in [0.717, 1.165) is 24.3 Å². The van der Waals surface area contributed by atoms with Gasteiger partial charge in [0.25, 0.3) is 0 Å². The molecule has 0 bridgehead atoms. The Balaban J connectivity index is 2.09. The van der Waals surface area contributed by atoms with Gasteiger partial charge in [-0.3, -0.25) is 0 Å². The van der Waals surface area contributed by atoms with Crippen molar-refractivity contribution in [2.24, 2.45) is 0 Å². The highest BCUT2D eigenvalue weighted by atomic mass is 19.4. The lowest BCUT2D eigenvalue weighted by Crippen LogP contribution is -2.20. The molecule has 2 aromatic rings. The van der Waals surface area contributed by atoms with Crippen molar-refractivity contribution in [3.8, 4) is 5.75 Å². The topological polar surface area (TPSA) is 87.7 Å². The van der Waals surface area contributed by atoms with Gasteiger partial charge >= 0.3 is 18.2 Å². The smallest absolute Gasteiger partial charge is 0.416 e. The second-order valence-corrected chi connectivity index (χ2v) is 4.88. The van der Waals surface area contributed by atoms with Crippen LogP contribution in [-0.2, 0) is 10.9 Å². The summed E-state index contributed by atoms with van der Waals surface area (Å²) in [6, 6.07) is 6.89. The Kier molecular flexibility index (Phi) is 5.16. The van der Waals surface area contributed by atoms with E-state index in [0.29, 0.717) is 0 Å². The van der Waals surface area contributed by atoms with Crippen molar-refractivity contribution in [2.75, 3.05) is 17.7 Å². The van der Waals surface area contributed by atoms with Crippen molar-refractivity contribution in [1.29, 1.82) is 0 Å². The molecule has 6 nitrogen and oxygen atoms in total. The molecule has 0 heterocycles. The fraction of sp³-hybridized carbons (Fsp3) is 0.125. The van der Waals surface area contributed by atoms with E-state index in [1.807, 2.05) is 0 Å². The maximum atomic E-state index is 12.6. The molecule has 0 fully saturated rings. The van der Waals surface area contributed by atoms with Gasteiger partial charge in [0.1, 0.15) is 5.75 Å². The molecule has 0 saturated carbocycles. The highest BCUT2D eigenvalue weighted by Gasteiger charge is 2.30. The van der Waals surface area contributed by atoms with Crippen LogP contribution in [0.15, 0.2) is 42.5 Å². The first-order chi connectivity index (χ1) is 11.7. The molecule has 0 unspecified atom stereocenters. The zero-order valence-electron chi connectivity index (χ0n) is 12.8. The van der Waals surface area contributed by atoms with Crippen molar-refractivity contribution in [1.82, 2.24) is 0 Å². The van der Waals surface area contributed by atoms with E-state index in [1.54, 1.807) is 0 Å². The first kappa shape index (κ1) is 18.1. The van der Waals surface area contributed by atoms with Gasteiger partial charge in [-0.1, -0.05) is 6.07 Å². The van der Waals surface area contributed by atoms with Gasteiger partial charge in [0.05, 0.1) is 23.9 Å². The van der Waals surface area contributed by atoms with E-state index in [9.17, 15) is 27.9 Å². The van der Waals surface area contributed by atoms with Gasteiger partial charge in [-0.2, -0.15) is 13.2 Å². The van der Waals surface area contributed by atoms with E-state index in [1.165, 1.54) is 25.3 Å². The van der Waals surface area contributed by atoms with Crippen molar-refractivity contribution in [2.45, 2.75) is 6.18 Å². The first-order valence-electron chi connectivity index (χ1n) is 6.87. The van der Waals surface area contributed by atoms with E-state index >= 15 is 0 Å². The molecule has 0 radical (unpaired) electrons. The number of alkyl halides is 3. The highest BCUT2D eigenvalue weighted by molar-refractivity contribution is 6.01. The standard InChI is InChI=1S/C16H13F3N2O4/c1-25-14(23)9-5-6-12(13(22)7-9)21-15(24)20-11-4-2-3-10(8-11)16(17,18)19/h2-8,22H,1H3,(H2,20,21,24). The van der Waals surface area contributed by atoms with Gasteiger partial charge in [-0.15, -0.1) is 0 Å². The summed E-state index contributed by atoms with van der Waals surface area (Å²) in [5, 5.41) is 14.3. The van der Waals surface area contributed by atoms with Crippen molar-refractivity contribution in [3.63, 3.8) is 0 Å². The van der Waals surface area contributed by atoms with Crippen LogP contribution in [0.25, 0.3) is 0 Å². The number of amides is 2. The number of urea groups is 1. The van der Waals surface area contributed by atoms with Crippen LogP contribution >= 0.6 is 0 Å². The van der Waals surface area contributed by atoms with Crippen LogP contribution in [0.1, 0.15) is 15.9 Å². The third kappa shape index (κ3) is 4.63. The van der Waals surface area contributed by atoms with Crippen molar-refractivity contribution in [3.05, 3.63) is 53.6 Å². The van der Waals surface area contributed by atoms with Crippen LogP contribution in [0, 0.1) is 0 Å². The number of methoxy groups -OCH3 is 1. The molecule has 0 aliphatic carbocycles. The fourth-order valence-corrected chi connectivity index (χ4v) is 1.94. The lowest BCUT2D eigenvalue weighted by molar-refractivity contribution is -0.137. The maximum Gasteiger partial charge on any atom is 0.416 e. The number of halogens is 3. The zero-order valence-corrected chi connectivity index (χ0v) is 12.8. The summed E-state index contributed by atoms with van der Waals surface area (Å²) in [7, 11) is 1.17. The molecule has 3 N–H and O–H groups in total. The van der Waals surface area contributed by atoms with Crippen molar-refractivity contribution < 1.29 is 32.6 Å². The van der Waals surface area contributed by atoms with Crippen LogP contribution < -0.4 is 10.6 Å². The molecule has 0 spiro atoms. The molecule has 0 aliphatic heterocycles. The summed E-state index contributed by atoms with van der Waals surface area (Å²) >= 11 is 0. The molecule has 2 aromatic carbocycles. The molecule has 2 rings (SSSR count). The summed E-state index contributed by atoms with van der Waals surface area (Å²) < 4.78 is 42.4. The highest BCUT2D eigenvalue weighted by Crippen LogP contribution is 2.31. The number of aromatic hydroxyl groups is 1. The molecule has 132 valence electrons. The molecule has 25 heavy (non-hydrogen) atoms. The Labute approximate surface area is 140 Å². The number of carbonyl (C=O) groups excluding carboxylic acids is 2. The Morgan fingerprint density at radius 3 is 2.40 bits per heavy atom. The number of rotatable bonds is 3. The van der Waals surface area contributed by atoms with Gasteiger partial charge in [0.2, 0.25) is 0 Å². The van der Waals surface area contributed by atoms with Gasteiger partial charge in [0, 0.05) is 5.69 Å². The number of anilines is 2. The number of ether oxygens (including phenoxy) is 1. The molecule has 0 saturated heterocycles. The number of benzene rings is 2. The van der Waals surface area contributed by atoms with Crippen LogP contribution in [0.3, 0.4) is 0 Å². The average Bonchev–Trinajstić information content (AvgIpc) is 2.55. The van der Waals surface area contributed by atoms with E-state index < -0.39 is 29.5 Å². The molecule has 2 amide bonds. The summed E-state index contributed by atoms with van der Waals surface area (Å²) in [6.07, 6.45) is -4.53. The minimum Gasteiger partial charge on any atom is -0.506 e.